The second-order valence-corrected chi connectivity index (χ2v) is 12.8. The number of hydrogen-bond acceptors (Lipinski definition) is 4. The predicted molar refractivity (Wildman–Crippen MR) is 169 cm³/mol. The van der Waals surface area contributed by atoms with E-state index in [-0.39, 0.29) is 6.10 Å². The van der Waals surface area contributed by atoms with Crippen LogP contribution in [-0.4, -0.2) is 51.0 Å². The van der Waals surface area contributed by atoms with Gasteiger partial charge < -0.3 is 19.1 Å². The van der Waals surface area contributed by atoms with Gasteiger partial charge in [-0.3, -0.25) is 0 Å². The van der Waals surface area contributed by atoms with Gasteiger partial charge in [0.15, 0.2) is 11.5 Å². The topological polar surface area (TPSA) is 30.9 Å². The van der Waals surface area contributed by atoms with E-state index in [1.54, 1.807) is 7.11 Å². The number of ether oxygens (including phenoxy) is 3. The predicted octanol–water partition coefficient (Wildman–Crippen LogP) is 9.33. The van der Waals surface area contributed by atoms with E-state index >= 15 is 0 Å². The van der Waals surface area contributed by atoms with Crippen molar-refractivity contribution in [3.63, 3.8) is 0 Å². The highest BCUT2D eigenvalue weighted by Crippen LogP contribution is 2.44. The molecule has 0 spiro atoms. The van der Waals surface area contributed by atoms with Crippen molar-refractivity contribution in [3.8, 4) is 11.5 Å². The molecule has 2 heterocycles. The van der Waals surface area contributed by atoms with E-state index in [9.17, 15) is 0 Å². The Hall–Kier alpha value is -1.78. The van der Waals surface area contributed by atoms with Crippen molar-refractivity contribution in [1.82, 2.24) is 4.90 Å². The maximum Gasteiger partial charge on any atom is 0.161 e. The number of allylic oxidation sites excluding steroid dienone is 2. The number of benzene rings is 1. The lowest BCUT2D eigenvalue weighted by atomic mass is 9.77. The summed E-state index contributed by atoms with van der Waals surface area (Å²) < 4.78 is 18.7. The Morgan fingerprint density at radius 2 is 1.57 bits per heavy atom. The minimum Gasteiger partial charge on any atom is -0.493 e. The van der Waals surface area contributed by atoms with E-state index in [1.807, 2.05) is 0 Å². The van der Waals surface area contributed by atoms with E-state index < -0.39 is 0 Å². The molecule has 0 aromatic heterocycles. The zero-order valence-electron chi connectivity index (χ0n) is 26.3. The van der Waals surface area contributed by atoms with Gasteiger partial charge in [0.05, 0.1) is 25.9 Å². The second kappa shape index (κ2) is 16.0. The fraction of sp³-hybridized carbons (Fsp3) is 0.722. The number of likely N-dealkylation sites (tertiary alicyclic amines) is 1. The molecular weight excluding hydrogens is 494 g/mol. The molecule has 3 unspecified atom stereocenters. The number of hydrogen-bond donors (Lipinski definition) is 0. The molecule has 0 saturated carbocycles. The first kappa shape index (κ1) is 31.2. The molecule has 2 aliphatic heterocycles. The molecule has 0 bridgehead atoms. The monoisotopic (exact) mass is 551 g/mol. The fourth-order valence-electron chi connectivity index (χ4n) is 6.79. The van der Waals surface area contributed by atoms with Crippen LogP contribution >= 0.6 is 0 Å². The molecule has 0 N–H and O–H groups in total. The fourth-order valence-corrected chi connectivity index (χ4v) is 6.79. The van der Waals surface area contributed by atoms with Crippen molar-refractivity contribution >= 4 is 5.57 Å². The van der Waals surface area contributed by atoms with Crippen molar-refractivity contribution in [3.05, 3.63) is 41.0 Å². The van der Waals surface area contributed by atoms with Gasteiger partial charge in [-0.15, -0.1) is 0 Å². The lowest BCUT2D eigenvalue weighted by Crippen LogP contribution is -2.31. The van der Waals surface area contributed by atoms with Gasteiger partial charge >= 0.3 is 0 Å². The molecule has 1 aromatic rings. The molecule has 1 aromatic carbocycles. The second-order valence-electron chi connectivity index (χ2n) is 12.8. The average molecular weight is 552 g/mol. The van der Waals surface area contributed by atoms with Crippen LogP contribution in [0.2, 0.25) is 0 Å². The molecule has 2 fully saturated rings. The zero-order chi connectivity index (χ0) is 28.3. The van der Waals surface area contributed by atoms with Gasteiger partial charge in [-0.05, 0) is 112 Å². The molecule has 1 aliphatic carbocycles. The first-order valence-electron chi connectivity index (χ1n) is 16.6. The molecule has 0 radical (unpaired) electrons. The van der Waals surface area contributed by atoms with Crippen LogP contribution < -0.4 is 9.47 Å². The third kappa shape index (κ3) is 8.61. The number of fused-ring (bicyclic) bond motifs is 1. The van der Waals surface area contributed by atoms with Crippen molar-refractivity contribution in [2.24, 2.45) is 5.92 Å². The summed E-state index contributed by atoms with van der Waals surface area (Å²) in [5.41, 5.74) is 5.64. The van der Waals surface area contributed by atoms with Crippen LogP contribution in [0.25, 0.3) is 5.57 Å². The summed E-state index contributed by atoms with van der Waals surface area (Å²) in [6, 6.07) is 4.60. The quantitative estimate of drug-likeness (QED) is 0.216. The molecule has 4 rings (SSSR count). The highest BCUT2D eigenvalue weighted by atomic mass is 16.5. The van der Waals surface area contributed by atoms with Crippen LogP contribution in [0.4, 0.5) is 0 Å². The highest BCUT2D eigenvalue weighted by Gasteiger charge is 2.30. The van der Waals surface area contributed by atoms with E-state index in [4.69, 9.17) is 14.2 Å². The standard InChI is InChI=1S/C36H57NO3/c1-6-7-8-9-10-11-12-13-14-23-39-36-25-31-27(2)15-17-30(34-18-16-28(3)40-34)24-32(33(31)26-35(36)38-5)29-19-21-37(4)22-20-29/h17,24-29,34H,6-16,18-23H2,1-5H3/b30-17-,32-24-. The van der Waals surface area contributed by atoms with Gasteiger partial charge in [0.2, 0.25) is 0 Å². The largest absolute Gasteiger partial charge is 0.493 e. The van der Waals surface area contributed by atoms with Crippen molar-refractivity contribution in [2.45, 2.75) is 129 Å². The average Bonchev–Trinajstić information content (AvgIpc) is 3.39. The lowest BCUT2D eigenvalue weighted by Gasteiger charge is -2.33. The van der Waals surface area contributed by atoms with Crippen LogP contribution in [-0.2, 0) is 4.74 Å². The number of nitrogens with zero attached hydrogens (tertiary/aromatic N) is 1. The lowest BCUT2D eigenvalue weighted by molar-refractivity contribution is 0.0785. The molecule has 3 aliphatic rings. The number of methoxy groups -OCH3 is 1. The van der Waals surface area contributed by atoms with E-state index in [0.29, 0.717) is 17.9 Å². The summed E-state index contributed by atoms with van der Waals surface area (Å²) in [4.78, 5) is 2.46. The van der Waals surface area contributed by atoms with Crippen molar-refractivity contribution < 1.29 is 14.2 Å². The van der Waals surface area contributed by atoms with E-state index in [0.717, 1.165) is 56.9 Å². The van der Waals surface area contributed by atoms with E-state index in [2.05, 4.69) is 57.0 Å². The summed E-state index contributed by atoms with van der Waals surface area (Å²) in [6.07, 6.45) is 23.2. The molecular formula is C36H57NO3. The Kier molecular flexibility index (Phi) is 12.5. The summed E-state index contributed by atoms with van der Waals surface area (Å²) in [5, 5.41) is 0. The van der Waals surface area contributed by atoms with Crippen molar-refractivity contribution in [1.29, 1.82) is 0 Å². The number of unbranched alkanes of at least 4 members (excludes halogenated alkanes) is 8. The third-order valence-electron chi connectivity index (χ3n) is 9.47. The van der Waals surface area contributed by atoms with Crippen LogP contribution in [0.3, 0.4) is 0 Å². The van der Waals surface area contributed by atoms with Gasteiger partial charge in [-0.25, -0.2) is 0 Å². The summed E-state index contributed by atoms with van der Waals surface area (Å²) in [7, 11) is 4.04. The van der Waals surface area contributed by atoms with Gasteiger partial charge in [0.25, 0.3) is 0 Å². The molecule has 4 nitrogen and oxygen atoms in total. The Labute approximate surface area is 245 Å². The first-order valence-corrected chi connectivity index (χ1v) is 16.6. The van der Waals surface area contributed by atoms with E-state index in [1.165, 1.54) is 86.5 Å². The van der Waals surface area contributed by atoms with Crippen LogP contribution in [0.5, 0.6) is 11.5 Å². The molecule has 2 saturated heterocycles. The minimum atomic E-state index is 0.228. The Morgan fingerprint density at radius 3 is 2.23 bits per heavy atom. The Balaban J connectivity index is 1.49. The SMILES string of the molecule is CCCCCCCCCCCOc1cc2c(cc1OC)/C(C1CCN(C)CC1)=C\C(C1CCC(C)O1)=C\CC2C. The highest BCUT2D eigenvalue weighted by molar-refractivity contribution is 5.76. The molecule has 40 heavy (non-hydrogen) atoms. The van der Waals surface area contributed by atoms with Gasteiger partial charge in [0.1, 0.15) is 0 Å². The summed E-state index contributed by atoms with van der Waals surface area (Å²) in [6.45, 7) is 9.94. The van der Waals surface area contributed by atoms with Crippen LogP contribution in [0.15, 0.2) is 29.9 Å². The van der Waals surface area contributed by atoms with Gasteiger partial charge in [0, 0.05) is 0 Å². The zero-order valence-corrected chi connectivity index (χ0v) is 26.3. The molecule has 224 valence electrons. The molecule has 3 atom stereocenters. The Morgan fingerprint density at radius 1 is 0.875 bits per heavy atom. The number of piperidine rings is 1. The van der Waals surface area contributed by atoms with Crippen LogP contribution in [0.1, 0.15) is 128 Å². The van der Waals surface area contributed by atoms with Gasteiger partial charge in [-0.1, -0.05) is 77.4 Å². The maximum absolute atomic E-state index is 6.40. The maximum atomic E-state index is 6.40. The Bertz CT molecular complexity index is 975. The third-order valence-corrected chi connectivity index (χ3v) is 9.47. The smallest absolute Gasteiger partial charge is 0.161 e. The molecule has 0 amide bonds. The molecule has 4 heteroatoms. The summed E-state index contributed by atoms with van der Waals surface area (Å²) >= 11 is 0. The first-order chi connectivity index (χ1) is 19.5. The number of rotatable bonds is 14. The van der Waals surface area contributed by atoms with Gasteiger partial charge in [-0.2, -0.15) is 0 Å². The van der Waals surface area contributed by atoms with Crippen LogP contribution in [0, 0.1) is 5.92 Å². The summed E-state index contributed by atoms with van der Waals surface area (Å²) in [5.74, 6) is 2.76. The minimum absolute atomic E-state index is 0.228. The van der Waals surface area contributed by atoms with Crippen molar-refractivity contribution in [2.75, 3.05) is 33.9 Å². The normalized spacial score (nSPS) is 26.8.